The Bertz CT molecular complexity index is 933. The third-order valence-corrected chi connectivity index (χ3v) is 4.91. The third kappa shape index (κ3) is 3.48. The van der Waals surface area contributed by atoms with Crippen molar-refractivity contribution in [1.82, 2.24) is 4.98 Å². The summed E-state index contributed by atoms with van der Waals surface area (Å²) in [5, 5.41) is 14.9. The van der Waals surface area contributed by atoms with Crippen molar-refractivity contribution in [1.29, 1.82) is 0 Å². The van der Waals surface area contributed by atoms with E-state index in [2.05, 4.69) is 11.4 Å². The summed E-state index contributed by atoms with van der Waals surface area (Å²) in [7, 11) is 0. The first-order chi connectivity index (χ1) is 12.2. The van der Waals surface area contributed by atoms with E-state index in [4.69, 9.17) is 9.72 Å². The number of carbonyl (C=O) groups is 1. The van der Waals surface area contributed by atoms with Crippen molar-refractivity contribution in [2.24, 2.45) is 0 Å². The zero-order valence-electron chi connectivity index (χ0n) is 13.5. The molecule has 1 aliphatic heterocycles. The van der Waals surface area contributed by atoms with E-state index >= 15 is 0 Å². The summed E-state index contributed by atoms with van der Waals surface area (Å²) in [6.45, 7) is 0. The lowest BCUT2D eigenvalue weighted by atomic mass is 10.0. The van der Waals surface area contributed by atoms with Crippen LogP contribution in [0.3, 0.4) is 0 Å². The first-order valence-corrected chi connectivity index (χ1v) is 9.11. The first-order valence-electron chi connectivity index (χ1n) is 8.17. The second kappa shape index (κ2) is 6.78. The first kappa shape index (κ1) is 16.0. The van der Waals surface area contributed by atoms with Gasteiger partial charge in [-0.1, -0.05) is 24.3 Å². The molecule has 0 amide bonds. The van der Waals surface area contributed by atoms with Crippen LogP contribution < -0.4 is 0 Å². The summed E-state index contributed by atoms with van der Waals surface area (Å²) in [5.41, 5.74) is 3.88. The molecule has 0 unspecified atom stereocenters. The number of esters is 1. The maximum absolute atomic E-state index is 11.5. The number of aliphatic hydroxyl groups is 1. The molecule has 25 heavy (non-hydrogen) atoms. The fourth-order valence-electron chi connectivity index (χ4n) is 3.03. The van der Waals surface area contributed by atoms with Crippen LogP contribution in [0, 0.1) is 0 Å². The number of carbonyl (C=O) groups excluding carboxylic acids is 1. The molecule has 1 saturated heterocycles. The van der Waals surface area contributed by atoms with Crippen molar-refractivity contribution >= 4 is 34.3 Å². The zero-order valence-corrected chi connectivity index (χ0v) is 14.3. The Labute approximate surface area is 149 Å². The van der Waals surface area contributed by atoms with E-state index in [1.54, 1.807) is 11.3 Å². The van der Waals surface area contributed by atoms with Gasteiger partial charge in [-0.3, -0.25) is 4.79 Å². The predicted octanol–water partition coefficient (Wildman–Crippen LogP) is 4.04. The van der Waals surface area contributed by atoms with Gasteiger partial charge >= 0.3 is 5.97 Å². The molecule has 0 spiro atoms. The minimum absolute atomic E-state index is 0.0715. The summed E-state index contributed by atoms with van der Waals surface area (Å²) < 4.78 is 5.29. The molecule has 4 rings (SSSR count). The lowest BCUT2D eigenvalue weighted by Gasteiger charge is -2.23. The highest BCUT2D eigenvalue weighted by atomic mass is 32.1. The predicted molar refractivity (Wildman–Crippen MR) is 99.2 cm³/mol. The zero-order chi connectivity index (χ0) is 17.2. The van der Waals surface area contributed by atoms with Crippen molar-refractivity contribution in [3.63, 3.8) is 0 Å². The highest BCUT2D eigenvalue weighted by Gasteiger charge is 2.25. The average Bonchev–Trinajstić information content (AvgIpc) is 3.13. The Balaban J connectivity index is 1.73. The Kier molecular flexibility index (Phi) is 4.34. The molecule has 2 aromatic heterocycles. The summed E-state index contributed by atoms with van der Waals surface area (Å²) in [6, 6.07) is 12.1. The largest absolute Gasteiger partial charge is 0.458 e. The Morgan fingerprint density at radius 1 is 1.28 bits per heavy atom. The van der Waals surface area contributed by atoms with Gasteiger partial charge in [0.25, 0.3) is 0 Å². The number of aromatic nitrogens is 1. The van der Waals surface area contributed by atoms with Crippen molar-refractivity contribution in [2.75, 3.05) is 0 Å². The van der Waals surface area contributed by atoms with E-state index in [0.29, 0.717) is 6.42 Å². The van der Waals surface area contributed by atoms with Crippen molar-refractivity contribution < 1.29 is 14.6 Å². The number of hydrogen-bond acceptors (Lipinski definition) is 5. The second-order valence-corrected chi connectivity index (χ2v) is 6.89. The van der Waals surface area contributed by atoms with E-state index in [1.165, 1.54) is 0 Å². The number of aliphatic hydroxyl groups excluding tert-OH is 1. The number of ether oxygens (including phenoxy) is 1. The lowest BCUT2D eigenvalue weighted by Crippen LogP contribution is -2.31. The molecule has 0 bridgehead atoms. The van der Waals surface area contributed by atoms with Crippen LogP contribution in [0.1, 0.15) is 18.4 Å². The molecule has 1 aliphatic rings. The smallest absolute Gasteiger partial charge is 0.309 e. The van der Waals surface area contributed by atoms with Gasteiger partial charge in [-0.15, -0.1) is 0 Å². The summed E-state index contributed by atoms with van der Waals surface area (Å²) in [6.07, 6.45) is 3.23. The van der Waals surface area contributed by atoms with Gasteiger partial charge in [0.1, 0.15) is 6.10 Å². The molecular formula is C20H17NO3S. The standard InChI is InChI=1S/C20H17NO3S/c22-16-10-17(24-19(23)11-16)6-5-14-9-13-3-1-2-4-18(13)21-20(14)15-7-8-25-12-15/h1-9,12,16-17,22H,10-11H2/t16-,17-/m1/s1. The van der Waals surface area contributed by atoms with Crippen LogP contribution in [-0.4, -0.2) is 28.3 Å². The van der Waals surface area contributed by atoms with Crippen LogP contribution in [0.4, 0.5) is 0 Å². The minimum Gasteiger partial charge on any atom is -0.458 e. The van der Waals surface area contributed by atoms with Crippen LogP contribution in [0.5, 0.6) is 0 Å². The van der Waals surface area contributed by atoms with Crippen molar-refractivity contribution in [3.05, 3.63) is 58.8 Å². The highest BCUT2D eigenvalue weighted by molar-refractivity contribution is 7.08. The molecule has 0 radical (unpaired) electrons. The molecule has 0 aliphatic carbocycles. The van der Waals surface area contributed by atoms with Gasteiger partial charge in [-0.05, 0) is 29.7 Å². The molecule has 3 aromatic rings. The summed E-state index contributed by atoms with van der Waals surface area (Å²) in [5.74, 6) is -0.358. The second-order valence-electron chi connectivity index (χ2n) is 6.11. The molecule has 1 N–H and O–H groups in total. The van der Waals surface area contributed by atoms with E-state index in [1.807, 2.05) is 47.9 Å². The Morgan fingerprint density at radius 2 is 2.16 bits per heavy atom. The van der Waals surface area contributed by atoms with Gasteiger partial charge < -0.3 is 9.84 Å². The van der Waals surface area contributed by atoms with Gasteiger partial charge in [0, 0.05) is 28.3 Å². The van der Waals surface area contributed by atoms with Crippen LogP contribution in [0.15, 0.2) is 53.2 Å². The summed E-state index contributed by atoms with van der Waals surface area (Å²) >= 11 is 1.63. The van der Waals surface area contributed by atoms with Crippen LogP contribution in [0.25, 0.3) is 28.2 Å². The van der Waals surface area contributed by atoms with Gasteiger partial charge in [0.2, 0.25) is 0 Å². The van der Waals surface area contributed by atoms with Crippen molar-refractivity contribution in [2.45, 2.75) is 25.0 Å². The fraction of sp³-hybridized carbons (Fsp3) is 0.200. The maximum Gasteiger partial charge on any atom is 0.309 e. The molecule has 1 aromatic carbocycles. The summed E-state index contributed by atoms with van der Waals surface area (Å²) in [4.78, 5) is 16.3. The number of fused-ring (bicyclic) bond motifs is 1. The maximum atomic E-state index is 11.5. The Hall–Kier alpha value is -2.50. The van der Waals surface area contributed by atoms with Gasteiger partial charge in [-0.2, -0.15) is 11.3 Å². The molecule has 126 valence electrons. The number of rotatable bonds is 3. The van der Waals surface area contributed by atoms with E-state index in [-0.39, 0.29) is 12.4 Å². The van der Waals surface area contributed by atoms with Gasteiger partial charge in [-0.25, -0.2) is 4.98 Å². The number of cyclic esters (lactones) is 1. The average molecular weight is 351 g/mol. The molecule has 2 atom stereocenters. The molecule has 3 heterocycles. The normalized spacial score (nSPS) is 20.9. The number of pyridine rings is 1. The SMILES string of the molecule is O=C1C[C@H](O)C[C@@H](C=Cc2cc3ccccc3nc2-c2ccsc2)O1. The molecule has 0 saturated carbocycles. The number of thiophene rings is 1. The molecular weight excluding hydrogens is 334 g/mol. The number of hydrogen-bond donors (Lipinski definition) is 1. The van der Waals surface area contributed by atoms with Gasteiger partial charge in [0.05, 0.1) is 23.7 Å². The van der Waals surface area contributed by atoms with Crippen LogP contribution >= 0.6 is 11.3 Å². The van der Waals surface area contributed by atoms with Gasteiger partial charge in [0.15, 0.2) is 0 Å². The molecule has 5 heteroatoms. The van der Waals surface area contributed by atoms with E-state index in [0.717, 1.165) is 27.7 Å². The number of benzene rings is 1. The van der Waals surface area contributed by atoms with Crippen molar-refractivity contribution in [3.8, 4) is 11.3 Å². The fourth-order valence-corrected chi connectivity index (χ4v) is 3.67. The topological polar surface area (TPSA) is 59.4 Å². The van der Waals surface area contributed by atoms with Crippen LogP contribution in [0.2, 0.25) is 0 Å². The lowest BCUT2D eigenvalue weighted by molar-refractivity contribution is -0.156. The highest BCUT2D eigenvalue weighted by Crippen LogP contribution is 2.29. The van der Waals surface area contributed by atoms with E-state index < -0.39 is 12.2 Å². The van der Waals surface area contributed by atoms with Crippen LogP contribution in [-0.2, 0) is 9.53 Å². The molecule has 4 nitrogen and oxygen atoms in total. The molecule has 1 fully saturated rings. The number of nitrogens with zero attached hydrogens (tertiary/aromatic N) is 1. The minimum atomic E-state index is -0.637. The monoisotopic (exact) mass is 351 g/mol. The quantitative estimate of drug-likeness (QED) is 0.724. The Morgan fingerprint density at radius 3 is 2.96 bits per heavy atom. The third-order valence-electron chi connectivity index (χ3n) is 4.23. The van der Waals surface area contributed by atoms with E-state index in [9.17, 15) is 9.90 Å². The number of para-hydroxylation sites is 1.